The van der Waals surface area contributed by atoms with Crippen LogP contribution in [0.3, 0.4) is 0 Å². The third-order valence-electron chi connectivity index (χ3n) is 2.59. The summed E-state index contributed by atoms with van der Waals surface area (Å²) in [5.41, 5.74) is 1.38. The van der Waals surface area contributed by atoms with Crippen molar-refractivity contribution < 1.29 is 0 Å². The van der Waals surface area contributed by atoms with E-state index in [0.29, 0.717) is 6.04 Å². The number of nitrogens with zero attached hydrogens (tertiary/aromatic N) is 1. The molecule has 0 bridgehead atoms. The molecule has 0 saturated heterocycles. The van der Waals surface area contributed by atoms with Crippen LogP contribution in [-0.4, -0.2) is 18.0 Å². The van der Waals surface area contributed by atoms with Crippen molar-refractivity contribution in [3.05, 3.63) is 35.9 Å². The van der Waals surface area contributed by atoms with Crippen molar-refractivity contribution in [1.82, 2.24) is 4.90 Å². The Bertz CT molecular complexity index is 226. The highest BCUT2D eigenvalue weighted by atomic mass is 15.1. The molecule has 1 aromatic carbocycles. The normalized spacial score (nSPS) is 13.2. The third-order valence-corrected chi connectivity index (χ3v) is 2.59. The van der Waals surface area contributed by atoms with Gasteiger partial charge in [0.15, 0.2) is 0 Å². The molecule has 1 heteroatoms. The smallest absolute Gasteiger partial charge is 0.0319 e. The van der Waals surface area contributed by atoms with Gasteiger partial charge < -0.3 is 0 Å². The van der Waals surface area contributed by atoms with Crippen molar-refractivity contribution in [2.45, 2.75) is 26.8 Å². The molecule has 0 fully saturated rings. The summed E-state index contributed by atoms with van der Waals surface area (Å²) in [5, 5.41) is 0. The van der Waals surface area contributed by atoms with Crippen molar-refractivity contribution >= 4 is 0 Å². The maximum atomic E-state index is 3.04. The fourth-order valence-electron chi connectivity index (χ4n) is 1.66. The molecule has 1 nitrogen and oxygen atoms in total. The number of hydrogen-bond acceptors (Lipinski definition) is 1. The first-order valence-electron chi connectivity index (χ1n) is 4.99. The van der Waals surface area contributed by atoms with Crippen molar-refractivity contribution in [3.8, 4) is 0 Å². The van der Waals surface area contributed by atoms with E-state index in [2.05, 4.69) is 43.9 Å². The van der Waals surface area contributed by atoms with Crippen LogP contribution in [0, 0.1) is 6.07 Å². The maximum absolute atomic E-state index is 3.04. The van der Waals surface area contributed by atoms with E-state index in [4.69, 9.17) is 0 Å². The summed E-state index contributed by atoms with van der Waals surface area (Å²) in [7, 11) is 0. The summed E-state index contributed by atoms with van der Waals surface area (Å²) in [6, 6.07) is 11.8. The molecule has 0 saturated carbocycles. The monoisotopic (exact) mass is 176 g/mol. The van der Waals surface area contributed by atoms with Crippen molar-refractivity contribution in [3.63, 3.8) is 0 Å². The first kappa shape index (κ1) is 10.3. The van der Waals surface area contributed by atoms with Gasteiger partial charge in [0.25, 0.3) is 0 Å². The summed E-state index contributed by atoms with van der Waals surface area (Å²) < 4.78 is 0. The van der Waals surface area contributed by atoms with Crippen molar-refractivity contribution in [2.75, 3.05) is 13.1 Å². The van der Waals surface area contributed by atoms with Gasteiger partial charge in [0.05, 0.1) is 0 Å². The molecular weight excluding hydrogens is 158 g/mol. The Morgan fingerprint density at radius 2 is 1.77 bits per heavy atom. The summed E-state index contributed by atoms with van der Waals surface area (Å²) >= 11 is 0. The summed E-state index contributed by atoms with van der Waals surface area (Å²) in [5.74, 6) is 0. The lowest BCUT2D eigenvalue weighted by Gasteiger charge is -2.26. The molecule has 0 N–H and O–H groups in total. The minimum absolute atomic E-state index is 0.518. The van der Waals surface area contributed by atoms with Crippen LogP contribution in [-0.2, 0) is 0 Å². The molecule has 1 unspecified atom stereocenters. The molecule has 0 amide bonds. The fraction of sp³-hybridized carbons (Fsp3) is 0.500. The molecule has 1 atom stereocenters. The van der Waals surface area contributed by atoms with Gasteiger partial charge in [0.1, 0.15) is 0 Å². The zero-order valence-electron chi connectivity index (χ0n) is 8.75. The van der Waals surface area contributed by atoms with Gasteiger partial charge in [0.2, 0.25) is 0 Å². The predicted molar refractivity (Wildman–Crippen MR) is 56.6 cm³/mol. The Morgan fingerprint density at radius 1 is 1.23 bits per heavy atom. The molecule has 0 aromatic heterocycles. The lowest BCUT2D eigenvalue weighted by molar-refractivity contribution is 0.234. The van der Waals surface area contributed by atoms with Crippen LogP contribution in [0.25, 0.3) is 0 Å². The SMILES string of the molecule is CCN(CC)C(C)c1cc[c]cc1. The molecule has 1 rings (SSSR count). The first-order valence-corrected chi connectivity index (χ1v) is 4.99. The van der Waals surface area contributed by atoms with Gasteiger partial charge in [-0.1, -0.05) is 38.1 Å². The largest absolute Gasteiger partial charge is 0.297 e. The molecule has 0 heterocycles. The lowest BCUT2D eigenvalue weighted by atomic mass is 10.1. The lowest BCUT2D eigenvalue weighted by Crippen LogP contribution is -2.26. The van der Waals surface area contributed by atoms with Crippen LogP contribution in [0.15, 0.2) is 24.3 Å². The van der Waals surface area contributed by atoms with Gasteiger partial charge in [-0.2, -0.15) is 0 Å². The molecule has 1 radical (unpaired) electrons. The minimum Gasteiger partial charge on any atom is -0.297 e. The Balaban J connectivity index is 2.72. The van der Waals surface area contributed by atoms with E-state index in [0.717, 1.165) is 13.1 Å². The zero-order valence-corrected chi connectivity index (χ0v) is 8.75. The average Bonchev–Trinajstić information content (AvgIpc) is 2.21. The van der Waals surface area contributed by atoms with E-state index in [1.165, 1.54) is 5.56 Å². The minimum atomic E-state index is 0.518. The summed E-state index contributed by atoms with van der Waals surface area (Å²) in [4.78, 5) is 2.44. The molecule has 0 aliphatic carbocycles. The van der Waals surface area contributed by atoms with E-state index in [9.17, 15) is 0 Å². The molecule has 13 heavy (non-hydrogen) atoms. The zero-order chi connectivity index (χ0) is 9.68. The Labute approximate surface area is 81.4 Å². The van der Waals surface area contributed by atoms with Crippen LogP contribution < -0.4 is 0 Å². The van der Waals surface area contributed by atoms with Gasteiger partial charge in [-0.05, 0) is 31.6 Å². The van der Waals surface area contributed by atoms with E-state index < -0.39 is 0 Å². The predicted octanol–water partition coefficient (Wildman–Crippen LogP) is 2.89. The highest BCUT2D eigenvalue weighted by Crippen LogP contribution is 2.18. The Hall–Kier alpha value is -0.820. The van der Waals surface area contributed by atoms with Crippen molar-refractivity contribution in [2.24, 2.45) is 0 Å². The topological polar surface area (TPSA) is 3.24 Å². The standard InChI is InChI=1S/C12H18N/c1-4-13(5-2)11(3)12-9-7-6-8-10-12/h7-11H,4-5H2,1-3H3. The average molecular weight is 176 g/mol. The van der Waals surface area contributed by atoms with E-state index >= 15 is 0 Å². The second kappa shape index (κ2) is 5.03. The molecule has 0 aliphatic rings. The third kappa shape index (κ3) is 2.56. The second-order valence-electron chi connectivity index (χ2n) is 3.23. The molecule has 71 valence electrons. The van der Waals surface area contributed by atoms with Crippen LogP contribution in [0.5, 0.6) is 0 Å². The highest BCUT2D eigenvalue weighted by molar-refractivity contribution is 5.17. The Kier molecular flexibility index (Phi) is 3.97. The van der Waals surface area contributed by atoms with Crippen LogP contribution in [0.2, 0.25) is 0 Å². The van der Waals surface area contributed by atoms with Gasteiger partial charge in [-0.15, -0.1) is 0 Å². The van der Waals surface area contributed by atoms with Crippen LogP contribution in [0.1, 0.15) is 32.4 Å². The van der Waals surface area contributed by atoms with Gasteiger partial charge in [0, 0.05) is 6.04 Å². The summed E-state index contributed by atoms with van der Waals surface area (Å²) in [6.07, 6.45) is 0. The number of hydrogen-bond donors (Lipinski definition) is 0. The van der Waals surface area contributed by atoms with Crippen LogP contribution >= 0.6 is 0 Å². The second-order valence-corrected chi connectivity index (χ2v) is 3.23. The molecular formula is C12H18N. The number of rotatable bonds is 4. The first-order chi connectivity index (χ1) is 6.29. The van der Waals surface area contributed by atoms with E-state index in [-0.39, 0.29) is 0 Å². The van der Waals surface area contributed by atoms with Crippen molar-refractivity contribution in [1.29, 1.82) is 0 Å². The van der Waals surface area contributed by atoms with Gasteiger partial charge in [-0.25, -0.2) is 0 Å². The van der Waals surface area contributed by atoms with Gasteiger partial charge >= 0.3 is 0 Å². The van der Waals surface area contributed by atoms with E-state index in [1.54, 1.807) is 0 Å². The maximum Gasteiger partial charge on any atom is 0.0319 e. The fourth-order valence-corrected chi connectivity index (χ4v) is 1.66. The molecule has 0 spiro atoms. The van der Waals surface area contributed by atoms with Gasteiger partial charge in [-0.3, -0.25) is 4.90 Å². The van der Waals surface area contributed by atoms with E-state index in [1.807, 2.05) is 12.1 Å². The highest BCUT2D eigenvalue weighted by Gasteiger charge is 2.10. The molecule has 1 aromatic rings. The number of benzene rings is 1. The Morgan fingerprint density at radius 3 is 2.23 bits per heavy atom. The van der Waals surface area contributed by atoms with Crippen LogP contribution in [0.4, 0.5) is 0 Å². The quantitative estimate of drug-likeness (QED) is 0.682. The molecule has 0 aliphatic heterocycles. The summed E-state index contributed by atoms with van der Waals surface area (Å²) in [6.45, 7) is 8.87.